The zero-order valence-electron chi connectivity index (χ0n) is 21.4. The summed E-state index contributed by atoms with van der Waals surface area (Å²) >= 11 is 0. The number of carbonyl (C=O) groups is 3. The number of aliphatic hydroxyl groups excluding tert-OH is 1. The average molecular weight is 494 g/mol. The van der Waals surface area contributed by atoms with Gasteiger partial charge in [-0.25, -0.2) is 0 Å². The number of aryl methyl sites for hydroxylation is 2. The van der Waals surface area contributed by atoms with Gasteiger partial charge in [-0.2, -0.15) is 0 Å². The molecule has 0 bridgehead atoms. The first-order valence-electron chi connectivity index (χ1n) is 12.9. The Kier molecular flexibility index (Phi) is 6.29. The van der Waals surface area contributed by atoms with Gasteiger partial charge in [0.05, 0.1) is 30.6 Å². The van der Waals surface area contributed by atoms with Crippen LogP contribution in [-0.2, 0) is 19.1 Å². The first kappa shape index (κ1) is 24.7. The minimum atomic E-state index is -1.28. The molecule has 5 rings (SSSR count). The highest BCUT2D eigenvalue weighted by Crippen LogP contribution is 2.54. The van der Waals surface area contributed by atoms with E-state index in [0.717, 1.165) is 23.2 Å². The van der Waals surface area contributed by atoms with Gasteiger partial charge in [-0.3, -0.25) is 14.4 Å². The van der Waals surface area contributed by atoms with E-state index >= 15 is 0 Å². The van der Waals surface area contributed by atoms with Crippen LogP contribution in [0, 0.1) is 25.7 Å². The molecular weight excluding hydrogens is 458 g/mol. The van der Waals surface area contributed by atoms with E-state index in [2.05, 4.69) is 0 Å². The molecule has 8 heteroatoms. The number of benzene rings is 1. The Hall–Kier alpha value is -2.97. The zero-order valence-corrected chi connectivity index (χ0v) is 21.4. The van der Waals surface area contributed by atoms with Crippen molar-refractivity contribution < 1.29 is 24.2 Å². The fourth-order valence-corrected chi connectivity index (χ4v) is 6.59. The van der Waals surface area contributed by atoms with Crippen molar-refractivity contribution in [1.82, 2.24) is 9.80 Å². The third-order valence-corrected chi connectivity index (χ3v) is 8.12. The van der Waals surface area contributed by atoms with Crippen molar-refractivity contribution in [1.29, 1.82) is 0 Å². The third kappa shape index (κ3) is 3.45. The molecule has 1 unspecified atom stereocenters. The van der Waals surface area contributed by atoms with Gasteiger partial charge in [0.2, 0.25) is 11.8 Å². The van der Waals surface area contributed by atoms with Crippen molar-refractivity contribution in [3.63, 3.8) is 0 Å². The van der Waals surface area contributed by atoms with Crippen molar-refractivity contribution in [3.8, 4) is 0 Å². The molecule has 0 aromatic heterocycles. The van der Waals surface area contributed by atoms with Gasteiger partial charge in [-0.15, -0.1) is 0 Å². The number of ether oxygens (including phenoxy) is 1. The summed E-state index contributed by atoms with van der Waals surface area (Å²) in [5, 5.41) is 10.1. The van der Waals surface area contributed by atoms with Crippen LogP contribution in [0.15, 0.2) is 42.5 Å². The van der Waals surface area contributed by atoms with Crippen LogP contribution in [0.4, 0.5) is 5.69 Å². The van der Waals surface area contributed by atoms with Crippen LogP contribution in [0.2, 0.25) is 0 Å². The van der Waals surface area contributed by atoms with E-state index in [9.17, 15) is 19.5 Å². The van der Waals surface area contributed by atoms with Crippen LogP contribution in [0.3, 0.4) is 0 Å². The van der Waals surface area contributed by atoms with Crippen LogP contribution in [0.1, 0.15) is 31.4 Å². The number of hydrogen-bond acceptors (Lipinski definition) is 5. The predicted molar refractivity (Wildman–Crippen MR) is 135 cm³/mol. The summed E-state index contributed by atoms with van der Waals surface area (Å²) < 4.78 is 6.64. The van der Waals surface area contributed by atoms with E-state index in [4.69, 9.17) is 4.74 Å². The van der Waals surface area contributed by atoms with Crippen molar-refractivity contribution >= 4 is 23.4 Å². The van der Waals surface area contributed by atoms with E-state index in [0.29, 0.717) is 19.6 Å². The second-order valence-corrected chi connectivity index (χ2v) is 10.4. The molecule has 192 valence electrons. The molecule has 8 nitrogen and oxygen atoms in total. The molecule has 3 amide bonds. The van der Waals surface area contributed by atoms with Crippen LogP contribution in [-0.4, -0.2) is 82.7 Å². The smallest absolute Gasteiger partial charge is 0.253 e. The standard InChI is InChI=1S/C28H35N3O5/c1-5-13-29-14-7-11-20-21(25(29)33)22-26(34)31(19(4)16-32)24-27(35)30(15-8-12-28(22,24)36-20)23-17(2)9-6-10-18(23)3/h6-12,19-22,24,32H,5,13-16H2,1-4H3/t19-,20+,21-,22+,24?,28+/m1/s1. The highest BCUT2D eigenvalue weighted by Gasteiger charge is 2.72. The Bertz CT molecular complexity index is 1130. The molecule has 1 N–H and O–H groups in total. The number of amides is 3. The SMILES string of the molecule is CCCN1CC=C[C@@H]2O[C@]34C=CCN(c5c(C)cccc5C)C(=O)C3N([C@H](C)CO)C(=O)[C@@H]4[C@@H]2C1=O. The molecule has 36 heavy (non-hydrogen) atoms. The lowest BCUT2D eigenvalue weighted by Crippen LogP contribution is -2.58. The van der Waals surface area contributed by atoms with E-state index in [1.165, 1.54) is 4.90 Å². The molecule has 0 radical (unpaired) electrons. The second-order valence-electron chi connectivity index (χ2n) is 10.4. The molecule has 2 saturated heterocycles. The fourth-order valence-electron chi connectivity index (χ4n) is 6.59. The number of hydrogen-bond donors (Lipinski definition) is 1. The Labute approximate surface area is 212 Å². The maximum atomic E-state index is 14.4. The molecule has 1 aromatic rings. The number of nitrogens with zero attached hydrogens (tertiary/aromatic N) is 3. The highest BCUT2D eigenvalue weighted by atomic mass is 16.5. The largest absolute Gasteiger partial charge is 0.394 e. The molecule has 2 fully saturated rings. The summed E-state index contributed by atoms with van der Waals surface area (Å²) in [7, 11) is 0. The summed E-state index contributed by atoms with van der Waals surface area (Å²) in [4.78, 5) is 47.2. The van der Waals surface area contributed by atoms with E-state index in [1.807, 2.05) is 63.3 Å². The lowest BCUT2D eigenvalue weighted by atomic mass is 9.77. The molecule has 1 aromatic carbocycles. The summed E-state index contributed by atoms with van der Waals surface area (Å²) in [5.41, 5.74) is 1.45. The van der Waals surface area contributed by atoms with Crippen LogP contribution in [0.5, 0.6) is 0 Å². The van der Waals surface area contributed by atoms with Gasteiger partial charge in [0.25, 0.3) is 5.91 Å². The number of anilines is 1. The number of carbonyl (C=O) groups excluding carboxylic acids is 3. The molecule has 1 spiro atoms. The molecular formula is C28H35N3O5. The van der Waals surface area contributed by atoms with Gasteiger partial charge in [0.15, 0.2) is 0 Å². The maximum Gasteiger partial charge on any atom is 0.253 e. The van der Waals surface area contributed by atoms with Crippen molar-refractivity contribution in [3.05, 3.63) is 53.6 Å². The normalized spacial score (nSPS) is 32.4. The molecule has 6 atom stereocenters. The maximum absolute atomic E-state index is 14.4. The van der Waals surface area contributed by atoms with Gasteiger partial charge >= 0.3 is 0 Å². The Balaban J connectivity index is 1.64. The summed E-state index contributed by atoms with van der Waals surface area (Å²) in [6.07, 6.45) is 7.75. The topological polar surface area (TPSA) is 90.4 Å². The number of aliphatic hydroxyl groups is 1. The van der Waals surface area contributed by atoms with Gasteiger partial charge in [0, 0.05) is 25.3 Å². The summed E-state index contributed by atoms with van der Waals surface area (Å²) in [6.45, 7) is 8.78. The predicted octanol–water partition coefficient (Wildman–Crippen LogP) is 1.98. The second kappa shape index (κ2) is 9.16. The van der Waals surface area contributed by atoms with Crippen LogP contribution >= 0.6 is 0 Å². The molecule has 0 aliphatic carbocycles. The number of fused-ring (bicyclic) bond motifs is 2. The minimum Gasteiger partial charge on any atom is -0.394 e. The highest BCUT2D eigenvalue weighted by molar-refractivity contribution is 6.06. The summed E-state index contributed by atoms with van der Waals surface area (Å²) in [6, 6.07) is 4.30. The lowest BCUT2D eigenvalue weighted by molar-refractivity contribution is -0.146. The van der Waals surface area contributed by atoms with Gasteiger partial charge in [-0.1, -0.05) is 49.4 Å². The number of likely N-dealkylation sites (tertiary alicyclic amines) is 1. The lowest BCUT2D eigenvalue weighted by Gasteiger charge is -2.38. The summed E-state index contributed by atoms with van der Waals surface area (Å²) in [5.74, 6) is -2.24. The van der Waals surface area contributed by atoms with Crippen LogP contribution in [0.25, 0.3) is 0 Å². The third-order valence-electron chi connectivity index (χ3n) is 8.12. The molecule has 4 heterocycles. The minimum absolute atomic E-state index is 0.115. The molecule has 4 aliphatic heterocycles. The van der Waals surface area contributed by atoms with E-state index < -0.39 is 35.6 Å². The zero-order chi connectivity index (χ0) is 25.8. The Morgan fingerprint density at radius 1 is 1.08 bits per heavy atom. The molecule has 0 saturated carbocycles. The van der Waals surface area contributed by atoms with Gasteiger partial charge in [0.1, 0.15) is 11.6 Å². The molecule has 4 aliphatic rings. The Morgan fingerprint density at radius 3 is 2.47 bits per heavy atom. The van der Waals surface area contributed by atoms with E-state index in [-0.39, 0.29) is 24.3 Å². The first-order valence-corrected chi connectivity index (χ1v) is 12.9. The van der Waals surface area contributed by atoms with Crippen molar-refractivity contribution in [2.45, 2.75) is 57.9 Å². The van der Waals surface area contributed by atoms with Crippen molar-refractivity contribution in [2.24, 2.45) is 11.8 Å². The van der Waals surface area contributed by atoms with Gasteiger partial charge in [-0.05, 0) is 38.3 Å². The Morgan fingerprint density at radius 2 is 1.81 bits per heavy atom. The van der Waals surface area contributed by atoms with Crippen molar-refractivity contribution in [2.75, 3.05) is 31.1 Å². The fraction of sp³-hybridized carbons (Fsp3) is 0.536. The first-order chi connectivity index (χ1) is 17.3. The van der Waals surface area contributed by atoms with Crippen LogP contribution < -0.4 is 4.90 Å². The quantitative estimate of drug-likeness (QED) is 0.634. The van der Waals surface area contributed by atoms with Gasteiger partial charge < -0.3 is 24.5 Å². The monoisotopic (exact) mass is 493 g/mol. The number of para-hydroxylation sites is 1. The number of rotatable bonds is 5. The van der Waals surface area contributed by atoms with E-state index in [1.54, 1.807) is 16.7 Å². The average Bonchev–Trinajstić information content (AvgIpc) is 3.18.